The maximum absolute atomic E-state index is 13.8. The van der Waals surface area contributed by atoms with Crippen LogP contribution in [-0.2, 0) is 24.1 Å². The largest absolute Gasteiger partial charge is 0.487 e. The molecule has 1 saturated heterocycles. The molecule has 0 spiro atoms. The Labute approximate surface area is 189 Å². The van der Waals surface area contributed by atoms with Gasteiger partial charge in [-0.15, -0.1) is 0 Å². The van der Waals surface area contributed by atoms with Crippen molar-refractivity contribution in [1.82, 2.24) is 9.88 Å². The highest BCUT2D eigenvalue weighted by Gasteiger charge is 2.43. The summed E-state index contributed by atoms with van der Waals surface area (Å²) in [6, 6.07) is 17.7. The molecule has 8 heteroatoms. The van der Waals surface area contributed by atoms with Crippen LogP contribution < -0.4 is 9.64 Å². The van der Waals surface area contributed by atoms with Gasteiger partial charge >= 0.3 is 6.18 Å². The number of rotatable bonds is 4. The van der Waals surface area contributed by atoms with Gasteiger partial charge in [0.25, 0.3) is 0 Å². The maximum atomic E-state index is 13.8. The molecule has 3 heterocycles. The molecule has 33 heavy (non-hydrogen) atoms. The number of aromatic nitrogens is 1. The molecular formula is C25H22F3N3O2. The fourth-order valence-corrected chi connectivity index (χ4v) is 4.49. The highest BCUT2D eigenvalue weighted by Crippen LogP contribution is 2.37. The lowest BCUT2D eigenvalue weighted by Crippen LogP contribution is -2.45. The molecule has 1 fully saturated rings. The molecule has 2 bridgehead atoms. The molecule has 0 unspecified atom stereocenters. The summed E-state index contributed by atoms with van der Waals surface area (Å²) in [5.41, 5.74) is 1.48. The van der Waals surface area contributed by atoms with Crippen LogP contribution in [0.5, 0.6) is 5.75 Å². The van der Waals surface area contributed by atoms with E-state index >= 15 is 0 Å². The number of carbonyl (C=O) groups excluding carboxylic acids is 1. The number of halogens is 3. The van der Waals surface area contributed by atoms with Crippen LogP contribution in [0.2, 0.25) is 0 Å². The van der Waals surface area contributed by atoms with Gasteiger partial charge in [0, 0.05) is 25.7 Å². The number of pyridine rings is 1. The summed E-state index contributed by atoms with van der Waals surface area (Å²) in [5.74, 6) is 0.576. The van der Waals surface area contributed by atoms with Gasteiger partial charge in [0.05, 0.1) is 29.5 Å². The topological polar surface area (TPSA) is 45.7 Å². The second-order valence-electron chi connectivity index (χ2n) is 8.33. The van der Waals surface area contributed by atoms with Gasteiger partial charge in [-0.1, -0.05) is 30.3 Å². The monoisotopic (exact) mass is 453 g/mol. The molecule has 0 saturated carbocycles. The number of ether oxygens (including phenoxy) is 1. The first-order valence-electron chi connectivity index (χ1n) is 10.8. The standard InChI is InChI=1S/C25H22F3N3O2/c26-25(27,28)18-10-8-17(9-11-18)14-30-16-20-13-22(30)24(32)31(15-19-5-3-4-12-29-19)21-6-1-2-7-23(21)33-20/h1-12,20,22H,13-16H2/t20-,22-/m0/s1. The summed E-state index contributed by atoms with van der Waals surface area (Å²) in [6.45, 7) is 1.18. The van der Waals surface area contributed by atoms with E-state index in [1.807, 2.05) is 47.4 Å². The lowest BCUT2D eigenvalue weighted by molar-refractivity contribution is -0.137. The second-order valence-corrected chi connectivity index (χ2v) is 8.33. The SMILES string of the molecule is O=C1[C@@H]2C[C@@H](CN2Cc2ccc(C(F)(F)F)cc2)Oc2ccccc2N1Cc1ccccn1. The van der Waals surface area contributed by atoms with Gasteiger partial charge in [0.1, 0.15) is 11.9 Å². The lowest BCUT2D eigenvalue weighted by atomic mass is 10.1. The molecule has 5 rings (SSSR count). The third kappa shape index (κ3) is 4.43. The van der Waals surface area contributed by atoms with Crippen LogP contribution in [0.3, 0.4) is 0 Å². The smallest absolute Gasteiger partial charge is 0.416 e. The number of anilines is 1. The van der Waals surface area contributed by atoms with Gasteiger partial charge in [0.2, 0.25) is 5.91 Å². The Morgan fingerprint density at radius 3 is 2.45 bits per heavy atom. The van der Waals surface area contributed by atoms with Crippen molar-refractivity contribution in [2.24, 2.45) is 0 Å². The number of likely N-dealkylation sites (tertiary alicyclic amines) is 1. The number of carbonyl (C=O) groups is 1. The molecular weight excluding hydrogens is 431 g/mol. The summed E-state index contributed by atoms with van der Waals surface area (Å²) in [4.78, 5) is 21.8. The van der Waals surface area contributed by atoms with Gasteiger partial charge in [-0.2, -0.15) is 13.2 Å². The van der Waals surface area contributed by atoms with Crippen molar-refractivity contribution >= 4 is 11.6 Å². The fraction of sp³-hybridized carbons (Fsp3) is 0.280. The van der Waals surface area contributed by atoms with E-state index in [1.54, 1.807) is 11.1 Å². The van der Waals surface area contributed by atoms with Crippen molar-refractivity contribution in [2.75, 3.05) is 11.4 Å². The molecule has 2 aliphatic rings. The minimum Gasteiger partial charge on any atom is -0.487 e. The van der Waals surface area contributed by atoms with Crippen LogP contribution in [-0.4, -0.2) is 34.5 Å². The Kier molecular flexibility index (Phi) is 5.54. The van der Waals surface area contributed by atoms with Gasteiger partial charge < -0.3 is 9.64 Å². The summed E-state index contributed by atoms with van der Waals surface area (Å²) in [6.07, 6.45) is -2.34. The first-order chi connectivity index (χ1) is 15.9. The lowest BCUT2D eigenvalue weighted by Gasteiger charge is -2.31. The number of benzene rings is 2. The van der Waals surface area contributed by atoms with E-state index in [4.69, 9.17) is 4.74 Å². The van der Waals surface area contributed by atoms with Crippen LogP contribution in [0.1, 0.15) is 23.2 Å². The quantitative estimate of drug-likeness (QED) is 0.576. The normalized spacial score (nSPS) is 20.7. The van der Waals surface area contributed by atoms with Gasteiger partial charge in [-0.25, -0.2) is 0 Å². The number of fused-ring (bicyclic) bond motifs is 3. The molecule has 0 aliphatic carbocycles. The van der Waals surface area contributed by atoms with Crippen LogP contribution in [0.15, 0.2) is 72.9 Å². The maximum Gasteiger partial charge on any atom is 0.416 e. The third-order valence-electron chi connectivity index (χ3n) is 6.08. The van der Waals surface area contributed by atoms with Crippen LogP contribution >= 0.6 is 0 Å². The molecule has 5 nitrogen and oxygen atoms in total. The highest BCUT2D eigenvalue weighted by molar-refractivity contribution is 5.99. The molecule has 2 aliphatic heterocycles. The summed E-state index contributed by atoms with van der Waals surface area (Å²) in [7, 11) is 0. The number of para-hydroxylation sites is 2. The number of amides is 1. The van der Waals surface area contributed by atoms with Crippen molar-refractivity contribution < 1.29 is 22.7 Å². The number of alkyl halides is 3. The van der Waals surface area contributed by atoms with E-state index in [-0.39, 0.29) is 12.0 Å². The average molecular weight is 453 g/mol. The first-order valence-corrected chi connectivity index (χ1v) is 10.8. The predicted molar refractivity (Wildman–Crippen MR) is 117 cm³/mol. The van der Waals surface area contributed by atoms with Crippen molar-refractivity contribution in [3.8, 4) is 5.75 Å². The Balaban J connectivity index is 1.43. The number of hydrogen-bond donors (Lipinski definition) is 0. The molecule has 1 amide bonds. The zero-order chi connectivity index (χ0) is 23.0. The minimum absolute atomic E-state index is 0.0641. The molecule has 0 radical (unpaired) electrons. The van der Waals surface area contributed by atoms with Gasteiger partial charge in [0.15, 0.2) is 0 Å². The van der Waals surface area contributed by atoms with E-state index in [9.17, 15) is 18.0 Å². The Morgan fingerprint density at radius 2 is 1.73 bits per heavy atom. The van der Waals surface area contributed by atoms with Crippen molar-refractivity contribution in [3.63, 3.8) is 0 Å². The second kappa shape index (κ2) is 8.51. The van der Waals surface area contributed by atoms with E-state index in [2.05, 4.69) is 4.98 Å². The van der Waals surface area contributed by atoms with Crippen LogP contribution in [0.25, 0.3) is 0 Å². The summed E-state index contributed by atoms with van der Waals surface area (Å²) < 4.78 is 45.0. The predicted octanol–water partition coefficient (Wildman–Crippen LogP) is 4.67. The van der Waals surface area contributed by atoms with Crippen molar-refractivity contribution in [2.45, 2.75) is 37.8 Å². The van der Waals surface area contributed by atoms with E-state index < -0.39 is 17.8 Å². The summed E-state index contributed by atoms with van der Waals surface area (Å²) in [5, 5.41) is 0. The minimum atomic E-state index is -4.37. The van der Waals surface area contributed by atoms with Crippen LogP contribution in [0.4, 0.5) is 18.9 Å². The molecule has 2 atom stereocenters. The first kappa shape index (κ1) is 21.5. The zero-order valence-electron chi connectivity index (χ0n) is 17.7. The zero-order valence-corrected chi connectivity index (χ0v) is 17.7. The number of nitrogens with zero attached hydrogens (tertiary/aromatic N) is 3. The Hall–Kier alpha value is -3.39. The third-order valence-corrected chi connectivity index (χ3v) is 6.08. The molecule has 170 valence electrons. The van der Waals surface area contributed by atoms with Crippen molar-refractivity contribution in [3.05, 3.63) is 89.7 Å². The van der Waals surface area contributed by atoms with Crippen molar-refractivity contribution in [1.29, 1.82) is 0 Å². The Morgan fingerprint density at radius 1 is 0.970 bits per heavy atom. The fourth-order valence-electron chi connectivity index (χ4n) is 4.49. The molecule has 0 N–H and O–H groups in total. The molecule has 3 aromatic rings. The van der Waals surface area contributed by atoms with Gasteiger partial charge in [-0.05, 0) is 42.0 Å². The van der Waals surface area contributed by atoms with Gasteiger partial charge in [-0.3, -0.25) is 14.7 Å². The Bertz CT molecular complexity index is 1140. The number of hydrogen-bond acceptors (Lipinski definition) is 4. The van der Waals surface area contributed by atoms with E-state index in [0.717, 1.165) is 23.4 Å². The van der Waals surface area contributed by atoms with Crippen LogP contribution in [0, 0.1) is 0 Å². The highest BCUT2D eigenvalue weighted by atomic mass is 19.4. The average Bonchev–Trinajstić information content (AvgIpc) is 3.20. The molecule has 1 aromatic heterocycles. The molecule has 2 aromatic carbocycles. The summed E-state index contributed by atoms with van der Waals surface area (Å²) >= 11 is 0. The van der Waals surface area contributed by atoms with E-state index in [0.29, 0.717) is 37.5 Å². The van der Waals surface area contributed by atoms with E-state index in [1.165, 1.54) is 12.1 Å².